The summed E-state index contributed by atoms with van der Waals surface area (Å²) in [7, 11) is 3.76. The average molecular weight is 265 g/mol. The molecule has 1 rings (SSSR count). The highest BCUT2D eigenvalue weighted by atomic mass is 16.3. The van der Waals surface area contributed by atoms with Crippen molar-refractivity contribution < 1.29 is 9.90 Å². The minimum atomic E-state index is -0.127. The molecule has 1 atom stereocenters. The Labute approximate surface area is 114 Å². The Morgan fingerprint density at radius 1 is 1.47 bits per heavy atom. The van der Waals surface area contributed by atoms with E-state index >= 15 is 0 Å². The molecule has 5 heteroatoms. The van der Waals surface area contributed by atoms with Crippen molar-refractivity contribution in [3.05, 3.63) is 23.9 Å². The van der Waals surface area contributed by atoms with Crippen molar-refractivity contribution in [2.45, 2.75) is 26.3 Å². The molecular weight excluding hydrogens is 242 g/mol. The van der Waals surface area contributed by atoms with Gasteiger partial charge >= 0.3 is 0 Å². The van der Waals surface area contributed by atoms with Crippen LogP contribution in [0.2, 0.25) is 0 Å². The molecule has 0 saturated heterocycles. The summed E-state index contributed by atoms with van der Waals surface area (Å²) in [5.74, 6) is 0.903. The fourth-order valence-corrected chi connectivity index (χ4v) is 1.77. The number of carbonyl (C=O) groups is 1. The zero-order valence-corrected chi connectivity index (χ0v) is 12.1. The second-order valence-corrected chi connectivity index (χ2v) is 5.13. The van der Waals surface area contributed by atoms with Gasteiger partial charge in [0.05, 0.1) is 0 Å². The third kappa shape index (κ3) is 4.52. The Hall–Kier alpha value is -1.62. The predicted octanol–water partition coefficient (Wildman–Crippen LogP) is 1.28. The molecule has 1 aromatic rings. The molecule has 0 aromatic carbocycles. The van der Waals surface area contributed by atoms with Crippen LogP contribution >= 0.6 is 0 Å². The summed E-state index contributed by atoms with van der Waals surface area (Å²) in [5, 5.41) is 12.0. The highest BCUT2D eigenvalue weighted by Gasteiger charge is 2.17. The zero-order valence-electron chi connectivity index (χ0n) is 12.1. The predicted molar refractivity (Wildman–Crippen MR) is 76.4 cm³/mol. The maximum absolute atomic E-state index is 12.2. The Bertz CT molecular complexity index is 419. The molecule has 1 amide bonds. The van der Waals surface area contributed by atoms with Crippen LogP contribution in [0.1, 0.15) is 30.6 Å². The van der Waals surface area contributed by atoms with Gasteiger partial charge in [0.15, 0.2) is 0 Å². The van der Waals surface area contributed by atoms with E-state index in [9.17, 15) is 4.79 Å². The smallest absolute Gasteiger partial charge is 0.251 e. The Morgan fingerprint density at radius 3 is 2.68 bits per heavy atom. The number of pyridine rings is 1. The first-order valence-electron chi connectivity index (χ1n) is 6.50. The third-order valence-corrected chi connectivity index (χ3v) is 3.03. The van der Waals surface area contributed by atoms with Gasteiger partial charge in [-0.3, -0.25) is 4.79 Å². The first-order chi connectivity index (χ1) is 8.95. The molecular formula is C14H23N3O2. The topological polar surface area (TPSA) is 65.5 Å². The first kappa shape index (κ1) is 15.4. The van der Waals surface area contributed by atoms with E-state index in [0.717, 1.165) is 5.82 Å². The second-order valence-electron chi connectivity index (χ2n) is 5.13. The van der Waals surface area contributed by atoms with Gasteiger partial charge in [-0.15, -0.1) is 0 Å². The maximum Gasteiger partial charge on any atom is 0.251 e. The summed E-state index contributed by atoms with van der Waals surface area (Å²) in [4.78, 5) is 18.2. The molecule has 0 fully saturated rings. The molecule has 0 spiro atoms. The van der Waals surface area contributed by atoms with Gasteiger partial charge in [-0.1, -0.05) is 13.8 Å². The Kier molecular flexibility index (Phi) is 5.76. The van der Waals surface area contributed by atoms with Gasteiger partial charge in [0, 0.05) is 38.5 Å². The van der Waals surface area contributed by atoms with Crippen LogP contribution in [0.3, 0.4) is 0 Å². The lowest BCUT2D eigenvalue weighted by molar-refractivity contribution is 0.0916. The highest BCUT2D eigenvalue weighted by Crippen LogP contribution is 2.11. The van der Waals surface area contributed by atoms with E-state index in [2.05, 4.69) is 10.3 Å². The molecule has 0 aliphatic carbocycles. The lowest BCUT2D eigenvalue weighted by Crippen LogP contribution is -2.39. The average Bonchev–Trinajstić information content (AvgIpc) is 2.38. The molecule has 0 saturated carbocycles. The standard InChI is InChI=1S/C14H23N3O2/c1-10(2)12(6-8-18)16-14(19)11-5-7-15-13(9-11)17(3)4/h5,7,9-10,12,18H,6,8H2,1-4H3,(H,16,19). The molecule has 1 aromatic heterocycles. The number of aliphatic hydroxyl groups excluding tert-OH is 1. The van der Waals surface area contributed by atoms with E-state index < -0.39 is 0 Å². The molecule has 2 N–H and O–H groups in total. The molecule has 1 heterocycles. The van der Waals surface area contributed by atoms with Crippen LogP contribution in [0.25, 0.3) is 0 Å². The van der Waals surface area contributed by atoms with Crippen LogP contribution < -0.4 is 10.2 Å². The summed E-state index contributed by atoms with van der Waals surface area (Å²) in [6.07, 6.45) is 2.19. The molecule has 0 aliphatic heterocycles. The van der Waals surface area contributed by atoms with E-state index in [0.29, 0.717) is 12.0 Å². The van der Waals surface area contributed by atoms with Crippen LogP contribution in [-0.2, 0) is 0 Å². The zero-order chi connectivity index (χ0) is 14.4. The quantitative estimate of drug-likeness (QED) is 0.813. The van der Waals surface area contributed by atoms with Crippen molar-refractivity contribution >= 4 is 11.7 Å². The maximum atomic E-state index is 12.2. The van der Waals surface area contributed by atoms with Crippen LogP contribution in [0.15, 0.2) is 18.3 Å². The number of amides is 1. The van der Waals surface area contributed by atoms with Gasteiger partial charge in [-0.05, 0) is 24.5 Å². The molecule has 5 nitrogen and oxygen atoms in total. The Morgan fingerprint density at radius 2 is 2.16 bits per heavy atom. The number of aliphatic hydroxyl groups is 1. The van der Waals surface area contributed by atoms with Gasteiger partial charge < -0.3 is 15.3 Å². The number of anilines is 1. The second kappa shape index (κ2) is 7.09. The SMILES string of the molecule is CC(C)C(CCO)NC(=O)c1ccnc(N(C)C)c1. The van der Waals surface area contributed by atoms with Crippen molar-refractivity contribution in [1.29, 1.82) is 0 Å². The van der Waals surface area contributed by atoms with Gasteiger partial charge in [-0.25, -0.2) is 4.98 Å². The number of nitrogens with zero attached hydrogens (tertiary/aromatic N) is 2. The van der Waals surface area contributed by atoms with Crippen LogP contribution in [-0.4, -0.2) is 42.7 Å². The molecule has 0 bridgehead atoms. The number of hydrogen-bond donors (Lipinski definition) is 2. The molecule has 0 radical (unpaired) electrons. The monoisotopic (exact) mass is 265 g/mol. The highest BCUT2D eigenvalue weighted by molar-refractivity contribution is 5.95. The van der Waals surface area contributed by atoms with Gasteiger partial charge in [0.2, 0.25) is 0 Å². The van der Waals surface area contributed by atoms with Crippen molar-refractivity contribution in [3.63, 3.8) is 0 Å². The number of carbonyl (C=O) groups excluding carboxylic acids is 1. The minimum Gasteiger partial charge on any atom is -0.396 e. The van der Waals surface area contributed by atoms with Crippen molar-refractivity contribution in [1.82, 2.24) is 10.3 Å². The van der Waals surface area contributed by atoms with E-state index in [1.165, 1.54) is 0 Å². The normalized spacial score (nSPS) is 12.3. The number of hydrogen-bond acceptors (Lipinski definition) is 4. The molecule has 0 aliphatic rings. The minimum absolute atomic E-state index is 0.0199. The molecule has 106 valence electrons. The lowest BCUT2D eigenvalue weighted by atomic mass is 10.0. The number of nitrogens with one attached hydrogen (secondary N) is 1. The van der Waals surface area contributed by atoms with Crippen molar-refractivity contribution in [2.24, 2.45) is 5.92 Å². The third-order valence-electron chi connectivity index (χ3n) is 3.03. The van der Waals surface area contributed by atoms with Gasteiger partial charge in [0.25, 0.3) is 5.91 Å². The summed E-state index contributed by atoms with van der Waals surface area (Å²) < 4.78 is 0. The number of aromatic nitrogens is 1. The fourth-order valence-electron chi connectivity index (χ4n) is 1.77. The summed E-state index contributed by atoms with van der Waals surface area (Å²) in [5.41, 5.74) is 0.585. The first-order valence-corrected chi connectivity index (χ1v) is 6.50. The van der Waals surface area contributed by atoms with E-state index in [1.807, 2.05) is 32.8 Å². The van der Waals surface area contributed by atoms with Gasteiger partial charge in [0.1, 0.15) is 5.82 Å². The van der Waals surface area contributed by atoms with Crippen LogP contribution in [0, 0.1) is 5.92 Å². The van der Waals surface area contributed by atoms with E-state index in [-0.39, 0.29) is 24.5 Å². The fraction of sp³-hybridized carbons (Fsp3) is 0.571. The largest absolute Gasteiger partial charge is 0.396 e. The number of rotatable bonds is 6. The van der Waals surface area contributed by atoms with Gasteiger partial charge in [-0.2, -0.15) is 0 Å². The van der Waals surface area contributed by atoms with Crippen molar-refractivity contribution in [3.8, 4) is 0 Å². The summed E-state index contributed by atoms with van der Waals surface area (Å²) in [6, 6.07) is 3.43. The van der Waals surface area contributed by atoms with E-state index in [4.69, 9.17) is 5.11 Å². The van der Waals surface area contributed by atoms with Crippen LogP contribution in [0.4, 0.5) is 5.82 Å². The summed E-state index contributed by atoms with van der Waals surface area (Å²) >= 11 is 0. The van der Waals surface area contributed by atoms with Crippen molar-refractivity contribution in [2.75, 3.05) is 25.6 Å². The van der Waals surface area contributed by atoms with Crippen LogP contribution in [0.5, 0.6) is 0 Å². The molecule has 19 heavy (non-hydrogen) atoms. The molecule has 1 unspecified atom stereocenters. The van der Waals surface area contributed by atoms with E-state index in [1.54, 1.807) is 18.3 Å². The Balaban J connectivity index is 2.79. The lowest BCUT2D eigenvalue weighted by Gasteiger charge is -2.21. The summed E-state index contributed by atoms with van der Waals surface area (Å²) in [6.45, 7) is 4.12.